The Bertz CT molecular complexity index is 628. The Morgan fingerprint density at radius 1 is 1.65 bits per heavy atom. The molecule has 0 atom stereocenters. The predicted molar refractivity (Wildman–Crippen MR) is 74.1 cm³/mol. The van der Waals surface area contributed by atoms with Crippen molar-refractivity contribution in [2.24, 2.45) is 0 Å². The van der Waals surface area contributed by atoms with Gasteiger partial charge in [-0.3, -0.25) is 8.77 Å². The predicted octanol–water partition coefficient (Wildman–Crippen LogP) is 3.05. The van der Waals surface area contributed by atoms with Crippen molar-refractivity contribution in [2.75, 3.05) is 0 Å². The van der Waals surface area contributed by atoms with Gasteiger partial charge in [0.25, 0.3) is 0 Å². The topological polar surface area (TPSA) is 72.2 Å². The van der Waals surface area contributed by atoms with Gasteiger partial charge in [0, 0.05) is 53.7 Å². The molecule has 8 heteroatoms. The van der Waals surface area contributed by atoms with Crippen LogP contribution in [0.2, 0.25) is 5.02 Å². The van der Waals surface area contributed by atoms with Crippen molar-refractivity contribution in [3.05, 3.63) is 28.5 Å². The number of rotatable bonds is 3. The number of hydrogen-bond donors (Lipinski definition) is 1. The first-order valence-corrected chi connectivity index (χ1v) is 7.96. The van der Waals surface area contributed by atoms with Crippen LogP contribution in [0.3, 0.4) is 0 Å². The maximum Gasteiger partial charge on any atom is 0.338 e. The molecule has 88 valence electrons. The molecule has 5 nitrogen and oxygen atoms in total. The van der Waals surface area contributed by atoms with Crippen LogP contribution < -0.4 is 0 Å². The molecule has 0 aliphatic carbocycles. The molecule has 0 bridgehead atoms. The molecule has 2 rings (SSSR count). The number of hydrogen-bond acceptors (Lipinski definition) is 4. The normalized spacial score (nSPS) is 10.7. The lowest BCUT2D eigenvalue weighted by Crippen LogP contribution is -1.97. The van der Waals surface area contributed by atoms with Crippen molar-refractivity contribution < 1.29 is 14.7 Å². The molecular formula is C9H4ClIN2O3S. The summed E-state index contributed by atoms with van der Waals surface area (Å²) in [6.07, 6.45) is 3.30. The fourth-order valence-electron chi connectivity index (χ4n) is 1.50. The zero-order valence-corrected chi connectivity index (χ0v) is 11.8. The number of carbonyl (C=O) groups excluding carboxylic acids is 1. The van der Waals surface area contributed by atoms with Crippen LogP contribution in [-0.2, 0) is 0 Å². The summed E-state index contributed by atoms with van der Waals surface area (Å²) in [4.78, 5) is 26.1. The molecule has 0 aromatic carbocycles. The average molecular weight is 383 g/mol. The van der Waals surface area contributed by atoms with Crippen LogP contribution in [0.4, 0.5) is 0 Å². The van der Waals surface area contributed by atoms with E-state index in [9.17, 15) is 9.59 Å². The Labute approximate surface area is 117 Å². The lowest BCUT2D eigenvalue weighted by atomic mass is 10.1. The van der Waals surface area contributed by atoms with E-state index in [1.54, 1.807) is 3.97 Å². The summed E-state index contributed by atoms with van der Waals surface area (Å²) in [5, 5.41) is 9.50. The van der Waals surface area contributed by atoms with E-state index in [-0.39, 0.29) is 21.5 Å². The van der Waals surface area contributed by atoms with Gasteiger partial charge in [0.05, 0.1) is 10.6 Å². The summed E-state index contributed by atoms with van der Waals surface area (Å²) in [6.45, 7) is 0. The van der Waals surface area contributed by atoms with Crippen molar-refractivity contribution in [3.8, 4) is 0 Å². The van der Waals surface area contributed by atoms with E-state index in [2.05, 4.69) is 4.98 Å². The first-order valence-electron chi connectivity index (χ1n) is 4.27. The van der Waals surface area contributed by atoms with Gasteiger partial charge in [0.2, 0.25) is 0 Å². The molecule has 1 N–H and O–H groups in total. The quantitative estimate of drug-likeness (QED) is 0.652. The number of aldehydes is 1. The highest BCUT2D eigenvalue weighted by Crippen LogP contribution is 2.31. The summed E-state index contributed by atoms with van der Waals surface area (Å²) in [5.74, 6) is -1.12. The number of carbonyl (C=O) groups is 2. The SMILES string of the molecule is O=Cc1c(Cl)cnc2c1c(C(=O)O)cn2SI. The van der Waals surface area contributed by atoms with Crippen LogP contribution in [-0.4, -0.2) is 26.3 Å². The molecule has 17 heavy (non-hydrogen) atoms. The lowest BCUT2D eigenvalue weighted by molar-refractivity contribution is 0.0699. The summed E-state index contributed by atoms with van der Waals surface area (Å²) in [7, 11) is 1.26. The third-order valence-corrected chi connectivity index (χ3v) is 4.20. The van der Waals surface area contributed by atoms with Crippen LogP contribution in [0.25, 0.3) is 11.0 Å². The Balaban J connectivity index is 2.96. The Hall–Kier alpha value is -0.800. The molecule has 0 fully saturated rings. The van der Waals surface area contributed by atoms with Crippen molar-refractivity contribution in [3.63, 3.8) is 0 Å². The number of fused-ring (bicyclic) bond motifs is 1. The highest BCUT2D eigenvalue weighted by atomic mass is 127. The first kappa shape index (κ1) is 12.7. The highest BCUT2D eigenvalue weighted by Gasteiger charge is 2.20. The monoisotopic (exact) mass is 382 g/mol. The van der Waals surface area contributed by atoms with Gasteiger partial charge in [-0.2, -0.15) is 0 Å². The second-order valence-corrected chi connectivity index (χ2v) is 5.20. The van der Waals surface area contributed by atoms with Crippen LogP contribution in [0.15, 0.2) is 12.4 Å². The van der Waals surface area contributed by atoms with Gasteiger partial charge in [-0.05, 0) is 0 Å². The number of pyridine rings is 1. The molecule has 0 amide bonds. The molecule has 2 heterocycles. The molecular weight excluding hydrogens is 379 g/mol. The number of nitrogens with zero attached hydrogens (tertiary/aromatic N) is 2. The van der Waals surface area contributed by atoms with E-state index in [0.29, 0.717) is 11.9 Å². The second kappa shape index (κ2) is 4.83. The fraction of sp³-hybridized carbons (Fsp3) is 0. The van der Waals surface area contributed by atoms with Crippen LogP contribution in [0.5, 0.6) is 0 Å². The number of aromatic carboxylic acids is 1. The summed E-state index contributed by atoms with van der Waals surface area (Å²) >= 11 is 7.82. The van der Waals surface area contributed by atoms with Gasteiger partial charge in [-0.15, -0.1) is 0 Å². The van der Waals surface area contributed by atoms with E-state index >= 15 is 0 Å². The molecule has 0 saturated heterocycles. The minimum absolute atomic E-state index is 0.0151. The Morgan fingerprint density at radius 3 is 2.88 bits per heavy atom. The van der Waals surface area contributed by atoms with Crippen LogP contribution in [0, 0.1) is 0 Å². The maximum atomic E-state index is 11.1. The Kier molecular flexibility index (Phi) is 3.59. The van der Waals surface area contributed by atoms with E-state index in [0.717, 1.165) is 0 Å². The van der Waals surface area contributed by atoms with Crippen LogP contribution in [0.1, 0.15) is 20.7 Å². The number of carboxylic acid groups (broad SMARTS) is 1. The average Bonchev–Trinajstić information content (AvgIpc) is 2.67. The molecule has 0 saturated carbocycles. The maximum absolute atomic E-state index is 11.1. The second-order valence-electron chi connectivity index (χ2n) is 3.08. The molecule has 2 aromatic rings. The zero-order chi connectivity index (χ0) is 12.6. The van der Waals surface area contributed by atoms with Crippen molar-refractivity contribution in [1.82, 2.24) is 8.96 Å². The van der Waals surface area contributed by atoms with E-state index < -0.39 is 5.97 Å². The van der Waals surface area contributed by atoms with E-state index in [4.69, 9.17) is 16.7 Å². The highest BCUT2D eigenvalue weighted by molar-refractivity contribution is 14.2. The third-order valence-electron chi connectivity index (χ3n) is 2.20. The molecule has 0 radical (unpaired) electrons. The molecule has 0 aliphatic rings. The van der Waals surface area contributed by atoms with Gasteiger partial charge in [0.1, 0.15) is 0 Å². The lowest BCUT2D eigenvalue weighted by Gasteiger charge is -2.00. The smallest absolute Gasteiger partial charge is 0.338 e. The molecule has 0 spiro atoms. The van der Waals surface area contributed by atoms with E-state index in [1.807, 2.05) is 21.2 Å². The first-order chi connectivity index (χ1) is 8.10. The number of carboxylic acids is 1. The molecule has 0 unspecified atom stereocenters. The molecule has 2 aromatic heterocycles. The van der Waals surface area contributed by atoms with Gasteiger partial charge < -0.3 is 5.11 Å². The number of halogens is 2. The van der Waals surface area contributed by atoms with Gasteiger partial charge in [-0.25, -0.2) is 9.78 Å². The summed E-state index contributed by atoms with van der Waals surface area (Å²) in [6, 6.07) is 0. The van der Waals surface area contributed by atoms with Crippen molar-refractivity contribution >= 4 is 65.2 Å². The summed E-state index contributed by atoms with van der Waals surface area (Å²) < 4.78 is 1.57. The van der Waals surface area contributed by atoms with Crippen LogP contribution >= 0.6 is 41.9 Å². The zero-order valence-electron chi connectivity index (χ0n) is 8.05. The minimum Gasteiger partial charge on any atom is -0.478 e. The summed E-state index contributed by atoms with van der Waals surface area (Å²) in [5.41, 5.74) is 0.577. The standard InChI is InChI=1S/C9H4ClIN2O3S/c10-6-1-12-8-7(5(6)3-14)4(9(15)16)2-13(8)17-11/h1-3H,(H,15,16). The fourth-order valence-corrected chi connectivity index (χ4v) is 2.93. The largest absolute Gasteiger partial charge is 0.478 e. The third kappa shape index (κ3) is 2.02. The Morgan fingerprint density at radius 2 is 2.35 bits per heavy atom. The van der Waals surface area contributed by atoms with Gasteiger partial charge in [0.15, 0.2) is 11.9 Å². The molecule has 0 aliphatic heterocycles. The van der Waals surface area contributed by atoms with Gasteiger partial charge >= 0.3 is 5.97 Å². The number of aromatic nitrogens is 2. The van der Waals surface area contributed by atoms with Crippen molar-refractivity contribution in [2.45, 2.75) is 0 Å². The minimum atomic E-state index is -1.12. The van der Waals surface area contributed by atoms with Gasteiger partial charge in [-0.1, -0.05) is 11.6 Å². The van der Waals surface area contributed by atoms with Crippen molar-refractivity contribution in [1.29, 1.82) is 0 Å². The van der Waals surface area contributed by atoms with E-state index in [1.165, 1.54) is 21.5 Å².